The second-order valence-electron chi connectivity index (χ2n) is 8.42. The van der Waals surface area contributed by atoms with Gasteiger partial charge in [-0.2, -0.15) is 0 Å². The van der Waals surface area contributed by atoms with Gasteiger partial charge in [-0.25, -0.2) is 9.98 Å². The summed E-state index contributed by atoms with van der Waals surface area (Å²) in [5, 5.41) is 3.48. The van der Waals surface area contributed by atoms with Crippen LogP contribution in [0.1, 0.15) is 18.1 Å². The third-order valence-electron chi connectivity index (χ3n) is 5.96. The summed E-state index contributed by atoms with van der Waals surface area (Å²) in [4.78, 5) is 16.3. The van der Waals surface area contributed by atoms with Crippen LogP contribution in [0.25, 0.3) is 0 Å². The van der Waals surface area contributed by atoms with Crippen LogP contribution in [0.4, 0.5) is 5.82 Å². The van der Waals surface area contributed by atoms with Crippen molar-refractivity contribution in [3.05, 3.63) is 59.8 Å². The zero-order valence-corrected chi connectivity index (χ0v) is 21.6. The molecule has 2 saturated heterocycles. The highest BCUT2D eigenvalue weighted by Crippen LogP contribution is 2.25. The Bertz CT molecular complexity index is 878. The number of benzene rings is 1. The Balaban J connectivity index is 0.00000289. The maximum atomic E-state index is 6.15. The van der Waals surface area contributed by atoms with Crippen LogP contribution in [0.5, 0.6) is 0 Å². The van der Waals surface area contributed by atoms with E-state index in [1.807, 2.05) is 31.3 Å². The Kier molecular flexibility index (Phi) is 9.12. The first-order chi connectivity index (χ1) is 15.1. The molecule has 2 unspecified atom stereocenters. The van der Waals surface area contributed by atoms with E-state index in [1.54, 1.807) is 0 Å². The number of pyridine rings is 1. The summed E-state index contributed by atoms with van der Waals surface area (Å²) in [6.45, 7) is 8.14. The number of guanidine groups is 1. The predicted molar refractivity (Wildman–Crippen MR) is 141 cm³/mol. The lowest BCUT2D eigenvalue weighted by molar-refractivity contribution is -0.0502. The summed E-state index contributed by atoms with van der Waals surface area (Å²) in [7, 11) is 4.01. The minimum atomic E-state index is 0. The van der Waals surface area contributed by atoms with E-state index in [0.29, 0.717) is 12.6 Å². The third-order valence-corrected chi connectivity index (χ3v) is 5.96. The average Bonchev–Trinajstić information content (AvgIpc) is 3.23. The Morgan fingerprint density at radius 3 is 2.75 bits per heavy atom. The summed E-state index contributed by atoms with van der Waals surface area (Å²) in [5.41, 5.74) is 2.52. The molecule has 0 spiro atoms. The van der Waals surface area contributed by atoms with Crippen LogP contribution in [0.3, 0.4) is 0 Å². The summed E-state index contributed by atoms with van der Waals surface area (Å²) in [6.07, 6.45) is 2.08. The topological polar surface area (TPSA) is 56.2 Å². The Morgan fingerprint density at radius 2 is 2.00 bits per heavy atom. The van der Waals surface area contributed by atoms with E-state index >= 15 is 0 Å². The summed E-state index contributed by atoms with van der Waals surface area (Å²) in [5.74, 6) is 1.92. The number of ether oxygens (including phenoxy) is 1. The molecule has 2 atom stereocenters. The normalized spacial score (nSPS) is 21.1. The van der Waals surface area contributed by atoms with Crippen LogP contribution < -0.4 is 10.2 Å². The maximum absolute atomic E-state index is 6.15. The van der Waals surface area contributed by atoms with Gasteiger partial charge in [0.25, 0.3) is 0 Å². The quantitative estimate of drug-likeness (QED) is 0.339. The summed E-state index contributed by atoms with van der Waals surface area (Å²) in [6, 6.07) is 15.2. The van der Waals surface area contributed by atoms with Gasteiger partial charge in [-0.3, -0.25) is 4.90 Å². The van der Waals surface area contributed by atoms with Gasteiger partial charge in [0.2, 0.25) is 0 Å². The molecule has 3 heterocycles. The van der Waals surface area contributed by atoms with E-state index in [9.17, 15) is 0 Å². The molecule has 0 radical (unpaired) electrons. The number of likely N-dealkylation sites (tertiary alicyclic amines) is 1. The Hall–Kier alpha value is -1.91. The first-order valence-electron chi connectivity index (χ1n) is 11.2. The Labute approximate surface area is 208 Å². The lowest BCUT2D eigenvalue weighted by Crippen LogP contribution is -2.50. The standard InChI is InChI=1S/C24H34N6O.HI/c1-4-25-24(27-15-20-10-11-26-23(14-20)28(2)3)30-17-21-22(18-30)31-13-12-29(21)16-19-8-6-5-7-9-19;/h5-11,14,21-22H,4,12-13,15-18H2,1-3H3,(H,25,27);1H. The van der Waals surface area contributed by atoms with Crippen LogP contribution in [-0.2, 0) is 17.8 Å². The van der Waals surface area contributed by atoms with E-state index in [4.69, 9.17) is 9.73 Å². The van der Waals surface area contributed by atoms with Crippen LogP contribution >= 0.6 is 24.0 Å². The molecule has 174 valence electrons. The number of aromatic nitrogens is 1. The molecule has 2 aliphatic heterocycles. The summed E-state index contributed by atoms with van der Waals surface area (Å²) < 4.78 is 6.15. The van der Waals surface area contributed by atoms with E-state index in [-0.39, 0.29) is 30.1 Å². The van der Waals surface area contributed by atoms with Gasteiger partial charge >= 0.3 is 0 Å². The lowest BCUT2D eigenvalue weighted by Gasteiger charge is -2.36. The SMILES string of the molecule is CCNC(=NCc1ccnc(N(C)C)c1)N1CC2OCCN(Cc3ccccc3)C2C1.I. The molecule has 8 heteroatoms. The first-order valence-corrected chi connectivity index (χ1v) is 11.2. The van der Waals surface area contributed by atoms with E-state index in [2.05, 4.69) is 63.4 Å². The fourth-order valence-corrected chi connectivity index (χ4v) is 4.34. The number of hydrogen-bond acceptors (Lipinski definition) is 5. The smallest absolute Gasteiger partial charge is 0.194 e. The van der Waals surface area contributed by atoms with Gasteiger partial charge in [-0.15, -0.1) is 24.0 Å². The van der Waals surface area contributed by atoms with Crippen LogP contribution in [-0.4, -0.2) is 79.8 Å². The van der Waals surface area contributed by atoms with Gasteiger partial charge in [0.15, 0.2) is 5.96 Å². The van der Waals surface area contributed by atoms with Crippen molar-refractivity contribution in [1.82, 2.24) is 20.1 Å². The third kappa shape index (κ3) is 6.11. The van der Waals surface area contributed by atoms with Gasteiger partial charge in [-0.05, 0) is 30.2 Å². The van der Waals surface area contributed by atoms with Crippen molar-refractivity contribution in [2.45, 2.75) is 32.2 Å². The molecule has 2 fully saturated rings. The number of nitrogens with one attached hydrogen (secondary N) is 1. The monoisotopic (exact) mass is 550 g/mol. The van der Waals surface area contributed by atoms with E-state index in [0.717, 1.165) is 56.7 Å². The zero-order valence-electron chi connectivity index (χ0n) is 19.3. The highest BCUT2D eigenvalue weighted by atomic mass is 127. The van der Waals surface area contributed by atoms with Crippen molar-refractivity contribution < 1.29 is 4.74 Å². The highest BCUT2D eigenvalue weighted by molar-refractivity contribution is 14.0. The van der Waals surface area contributed by atoms with Crippen LogP contribution in [0, 0.1) is 0 Å². The van der Waals surface area contributed by atoms with Gasteiger partial charge < -0.3 is 19.9 Å². The van der Waals surface area contributed by atoms with Gasteiger partial charge in [-0.1, -0.05) is 30.3 Å². The molecule has 0 aliphatic carbocycles. The van der Waals surface area contributed by atoms with Gasteiger partial charge in [0.05, 0.1) is 25.3 Å². The fraction of sp³-hybridized carbons (Fsp3) is 0.500. The largest absolute Gasteiger partial charge is 0.373 e. The molecule has 4 rings (SSSR count). The minimum Gasteiger partial charge on any atom is -0.373 e. The number of hydrogen-bond donors (Lipinski definition) is 1. The molecule has 2 aliphatic rings. The first kappa shape index (κ1) is 24.7. The van der Waals surface area contributed by atoms with E-state index in [1.165, 1.54) is 5.56 Å². The number of nitrogens with zero attached hydrogens (tertiary/aromatic N) is 5. The predicted octanol–water partition coefficient (Wildman–Crippen LogP) is 2.82. The average molecular weight is 550 g/mol. The zero-order chi connectivity index (χ0) is 21.6. The molecule has 1 aromatic heterocycles. The van der Waals surface area contributed by atoms with Crippen molar-refractivity contribution in [1.29, 1.82) is 0 Å². The van der Waals surface area contributed by atoms with Crippen molar-refractivity contribution in [2.75, 3.05) is 51.8 Å². The molecule has 0 saturated carbocycles. The molecule has 7 nitrogen and oxygen atoms in total. The van der Waals surface area contributed by atoms with Crippen molar-refractivity contribution >= 4 is 35.8 Å². The Morgan fingerprint density at radius 1 is 1.19 bits per heavy atom. The number of aliphatic imine (C=N–C) groups is 1. The fourth-order valence-electron chi connectivity index (χ4n) is 4.34. The molecule has 1 N–H and O–H groups in total. The number of halogens is 1. The molecule has 0 amide bonds. The van der Waals surface area contributed by atoms with Gasteiger partial charge in [0.1, 0.15) is 5.82 Å². The molecule has 2 aromatic rings. The molecular weight excluding hydrogens is 515 g/mol. The maximum Gasteiger partial charge on any atom is 0.194 e. The van der Waals surface area contributed by atoms with Crippen molar-refractivity contribution in [3.63, 3.8) is 0 Å². The minimum absolute atomic E-state index is 0. The number of anilines is 1. The molecule has 32 heavy (non-hydrogen) atoms. The molecule has 0 bridgehead atoms. The number of rotatable bonds is 6. The number of fused-ring (bicyclic) bond motifs is 1. The summed E-state index contributed by atoms with van der Waals surface area (Å²) >= 11 is 0. The lowest BCUT2D eigenvalue weighted by atomic mass is 10.1. The van der Waals surface area contributed by atoms with Crippen LogP contribution in [0.15, 0.2) is 53.7 Å². The second-order valence-corrected chi connectivity index (χ2v) is 8.42. The van der Waals surface area contributed by atoms with Gasteiger partial charge in [0, 0.05) is 53.0 Å². The molecule has 1 aromatic carbocycles. The number of morpholine rings is 1. The van der Waals surface area contributed by atoms with Crippen molar-refractivity contribution in [2.24, 2.45) is 4.99 Å². The van der Waals surface area contributed by atoms with Crippen LogP contribution in [0.2, 0.25) is 0 Å². The van der Waals surface area contributed by atoms with E-state index < -0.39 is 0 Å². The molecular formula is C24H35IN6O. The van der Waals surface area contributed by atoms with Crippen molar-refractivity contribution in [3.8, 4) is 0 Å². The highest BCUT2D eigenvalue weighted by Gasteiger charge is 2.41. The second kappa shape index (κ2) is 11.8.